The lowest BCUT2D eigenvalue weighted by Crippen LogP contribution is -2.25. The monoisotopic (exact) mass is 622 g/mol. The van der Waals surface area contributed by atoms with E-state index in [1.807, 2.05) is 0 Å². The maximum Gasteiger partial charge on any atom is 0.143 e. The number of hydrogen-bond donors (Lipinski definition) is 0. The van der Waals surface area contributed by atoms with Gasteiger partial charge in [-0.25, -0.2) is 0 Å². The Hall–Kier alpha value is -6.18. The van der Waals surface area contributed by atoms with Crippen molar-refractivity contribution in [1.29, 1.82) is 0 Å². The van der Waals surface area contributed by atoms with Crippen LogP contribution < -0.4 is 0 Å². The predicted molar refractivity (Wildman–Crippen MR) is 203 cm³/mol. The third-order valence-electron chi connectivity index (χ3n) is 11.2. The molecule has 0 saturated heterocycles. The Labute approximate surface area is 284 Å². The van der Waals surface area contributed by atoms with Crippen LogP contribution in [0.5, 0.6) is 0 Å². The molecule has 1 nitrogen and oxygen atoms in total. The maximum absolute atomic E-state index is 6.54. The number of fused-ring (bicyclic) bond motifs is 15. The van der Waals surface area contributed by atoms with Crippen molar-refractivity contribution in [2.24, 2.45) is 0 Å². The number of benzene rings is 8. The van der Waals surface area contributed by atoms with Gasteiger partial charge in [0.25, 0.3) is 0 Å². The van der Waals surface area contributed by atoms with Crippen LogP contribution in [0.1, 0.15) is 27.8 Å². The lowest BCUT2D eigenvalue weighted by atomic mass is 9.70. The molecule has 228 valence electrons. The molecular weight excluding hydrogens is 593 g/mol. The Bertz CT molecular complexity index is 2780. The van der Waals surface area contributed by atoms with Gasteiger partial charge in [-0.05, 0) is 103 Å². The molecule has 0 fully saturated rings. The quantitative estimate of drug-likeness (QED) is 0.187. The summed E-state index contributed by atoms with van der Waals surface area (Å²) in [5, 5.41) is 4.70. The van der Waals surface area contributed by atoms with Crippen LogP contribution in [-0.2, 0) is 5.41 Å². The lowest BCUT2D eigenvalue weighted by molar-refractivity contribution is 0.672. The van der Waals surface area contributed by atoms with Crippen molar-refractivity contribution in [3.05, 3.63) is 192 Å². The van der Waals surface area contributed by atoms with Crippen molar-refractivity contribution in [2.45, 2.75) is 12.3 Å². The van der Waals surface area contributed by atoms with Crippen LogP contribution in [0, 0.1) is 6.92 Å². The predicted octanol–water partition coefficient (Wildman–Crippen LogP) is 12.7. The third-order valence-corrected chi connectivity index (χ3v) is 11.2. The van der Waals surface area contributed by atoms with Crippen molar-refractivity contribution in [3.8, 4) is 44.5 Å². The molecule has 49 heavy (non-hydrogen) atoms. The van der Waals surface area contributed by atoms with Crippen LogP contribution in [0.4, 0.5) is 0 Å². The van der Waals surface area contributed by atoms with Gasteiger partial charge in [0, 0.05) is 16.2 Å². The van der Waals surface area contributed by atoms with E-state index in [9.17, 15) is 0 Å². The molecule has 1 aromatic heterocycles. The van der Waals surface area contributed by atoms with Crippen LogP contribution in [0.25, 0.3) is 77.2 Å². The summed E-state index contributed by atoms with van der Waals surface area (Å²) < 4.78 is 6.54. The second-order valence-corrected chi connectivity index (χ2v) is 13.6. The van der Waals surface area contributed by atoms with Gasteiger partial charge in [0.15, 0.2) is 0 Å². The van der Waals surface area contributed by atoms with E-state index in [2.05, 4.69) is 171 Å². The Morgan fingerprint density at radius 2 is 0.939 bits per heavy atom. The highest BCUT2D eigenvalue weighted by molar-refractivity contribution is 6.20. The molecule has 0 amide bonds. The van der Waals surface area contributed by atoms with E-state index < -0.39 is 0 Å². The fraction of sp³-hybridized carbons (Fsp3) is 0.0417. The van der Waals surface area contributed by atoms with Gasteiger partial charge in [0.2, 0.25) is 0 Å². The number of hydrogen-bond acceptors (Lipinski definition) is 1. The van der Waals surface area contributed by atoms with Gasteiger partial charge in [-0.3, -0.25) is 0 Å². The van der Waals surface area contributed by atoms with Gasteiger partial charge in [-0.15, -0.1) is 0 Å². The molecule has 9 aromatic rings. The zero-order valence-electron chi connectivity index (χ0n) is 27.0. The lowest BCUT2D eigenvalue weighted by Gasteiger charge is -2.30. The van der Waals surface area contributed by atoms with E-state index in [0.717, 1.165) is 16.6 Å². The molecule has 8 aromatic carbocycles. The minimum atomic E-state index is -0.372. The fourth-order valence-corrected chi connectivity index (χ4v) is 9.28. The van der Waals surface area contributed by atoms with Crippen LogP contribution in [0.2, 0.25) is 0 Å². The summed E-state index contributed by atoms with van der Waals surface area (Å²) in [7, 11) is 0. The summed E-state index contributed by atoms with van der Waals surface area (Å²) in [5.41, 5.74) is 18.4. The van der Waals surface area contributed by atoms with Crippen LogP contribution in [0.15, 0.2) is 168 Å². The van der Waals surface area contributed by atoms with Gasteiger partial charge >= 0.3 is 0 Å². The molecule has 2 aliphatic carbocycles. The first-order valence-corrected chi connectivity index (χ1v) is 17.1. The summed E-state index contributed by atoms with van der Waals surface area (Å²) in [6, 6.07) is 60.6. The van der Waals surface area contributed by atoms with E-state index in [4.69, 9.17) is 4.42 Å². The highest BCUT2D eigenvalue weighted by Crippen LogP contribution is 2.63. The molecule has 0 aliphatic heterocycles. The number of rotatable bonds is 2. The smallest absolute Gasteiger partial charge is 0.143 e. The Kier molecular flexibility index (Phi) is 5.31. The van der Waals surface area contributed by atoms with Crippen molar-refractivity contribution in [2.75, 3.05) is 0 Å². The molecule has 1 heterocycles. The maximum atomic E-state index is 6.54. The molecule has 0 saturated carbocycles. The van der Waals surface area contributed by atoms with Gasteiger partial charge < -0.3 is 4.42 Å². The minimum Gasteiger partial charge on any atom is -0.455 e. The average molecular weight is 623 g/mol. The van der Waals surface area contributed by atoms with E-state index >= 15 is 0 Å². The highest BCUT2D eigenvalue weighted by Gasteiger charge is 2.51. The first-order valence-electron chi connectivity index (χ1n) is 17.1. The standard InChI is InChI=1S/C48H30O/c1-29-13-12-24-45-46(29)40-28-39(33-16-4-5-20-38(33)47(40)49-45)32-15-3-2-14-31(32)30-25-26-37-36-19-8-11-23-43(36)48(44(37)27-30)41-21-9-6-17-34(41)35-18-7-10-22-42(35)48/h2-28H,1H3. The van der Waals surface area contributed by atoms with E-state index in [-0.39, 0.29) is 5.41 Å². The molecule has 0 atom stereocenters. The number of furan rings is 1. The van der Waals surface area contributed by atoms with E-state index in [1.165, 1.54) is 88.5 Å². The van der Waals surface area contributed by atoms with E-state index in [0.29, 0.717) is 0 Å². The normalized spacial score (nSPS) is 13.6. The summed E-state index contributed by atoms with van der Waals surface area (Å²) in [5.74, 6) is 0. The van der Waals surface area contributed by atoms with Gasteiger partial charge in [-0.2, -0.15) is 0 Å². The first kappa shape index (κ1) is 26.8. The Morgan fingerprint density at radius 3 is 1.61 bits per heavy atom. The molecule has 0 N–H and O–H groups in total. The van der Waals surface area contributed by atoms with Crippen LogP contribution in [-0.4, -0.2) is 0 Å². The summed E-state index contributed by atoms with van der Waals surface area (Å²) in [4.78, 5) is 0. The molecule has 2 aliphatic rings. The first-order chi connectivity index (χ1) is 24.2. The van der Waals surface area contributed by atoms with Crippen molar-refractivity contribution < 1.29 is 4.42 Å². The topological polar surface area (TPSA) is 13.1 Å². The van der Waals surface area contributed by atoms with Crippen LogP contribution in [0.3, 0.4) is 0 Å². The summed E-state index contributed by atoms with van der Waals surface area (Å²) in [6.07, 6.45) is 0. The summed E-state index contributed by atoms with van der Waals surface area (Å²) >= 11 is 0. The Morgan fingerprint density at radius 1 is 0.388 bits per heavy atom. The second-order valence-electron chi connectivity index (χ2n) is 13.6. The second kappa shape index (κ2) is 9.69. The van der Waals surface area contributed by atoms with Crippen molar-refractivity contribution >= 4 is 32.7 Å². The van der Waals surface area contributed by atoms with Gasteiger partial charge in [-0.1, -0.05) is 146 Å². The van der Waals surface area contributed by atoms with Gasteiger partial charge in [0.1, 0.15) is 11.2 Å². The fourth-order valence-electron chi connectivity index (χ4n) is 9.28. The highest BCUT2D eigenvalue weighted by atomic mass is 16.3. The molecule has 11 rings (SSSR count). The van der Waals surface area contributed by atoms with E-state index in [1.54, 1.807) is 0 Å². The van der Waals surface area contributed by atoms with Crippen molar-refractivity contribution in [3.63, 3.8) is 0 Å². The molecule has 0 bridgehead atoms. The molecular formula is C48H30O. The molecule has 0 unspecified atom stereocenters. The SMILES string of the molecule is Cc1cccc2oc3c4ccccc4c(-c4ccccc4-c4ccc5c(c4)C4(c6ccccc6-c6ccccc64)c4ccccc4-5)cc3c12. The summed E-state index contributed by atoms with van der Waals surface area (Å²) in [6.45, 7) is 2.18. The van der Waals surface area contributed by atoms with Crippen molar-refractivity contribution in [1.82, 2.24) is 0 Å². The third kappa shape index (κ3) is 3.39. The molecule has 1 heteroatoms. The largest absolute Gasteiger partial charge is 0.455 e. The van der Waals surface area contributed by atoms with Gasteiger partial charge in [0.05, 0.1) is 5.41 Å². The zero-order chi connectivity index (χ0) is 32.3. The Balaban J connectivity index is 1.20. The minimum absolute atomic E-state index is 0.372. The van der Waals surface area contributed by atoms with Crippen LogP contribution >= 0.6 is 0 Å². The molecule has 1 spiro atoms. The average Bonchev–Trinajstić information content (AvgIpc) is 3.79. The molecule has 0 radical (unpaired) electrons. The number of aryl methyl sites for hydroxylation is 1. The zero-order valence-corrected chi connectivity index (χ0v) is 27.0.